The highest BCUT2D eigenvalue weighted by molar-refractivity contribution is 5.40. The number of likely N-dealkylation sites (N-methyl/N-ethyl adjacent to an activating group) is 1. The largest absolute Gasteiger partial charge is 0.508 e. The maximum Gasteiger partial charge on any atom is 0.120 e. The van der Waals surface area contributed by atoms with Gasteiger partial charge in [-0.3, -0.25) is 4.90 Å². The fourth-order valence-electron chi connectivity index (χ4n) is 1.89. The lowest BCUT2D eigenvalue weighted by atomic mass is 9.99. The Morgan fingerprint density at radius 2 is 2.31 bits per heavy atom. The van der Waals surface area contributed by atoms with Crippen molar-refractivity contribution < 1.29 is 5.11 Å². The van der Waals surface area contributed by atoms with Crippen molar-refractivity contribution in [1.82, 2.24) is 4.90 Å². The Labute approximate surface area is 78.8 Å². The quantitative estimate of drug-likeness (QED) is 0.706. The van der Waals surface area contributed by atoms with Gasteiger partial charge in [-0.1, -0.05) is 19.1 Å². The predicted octanol–water partition coefficient (Wildman–Crippen LogP) is 1.77. The van der Waals surface area contributed by atoms with Crippen molar-refractivity contribution in [3.63, 3.8) is 0 Å². The lowest BCUT2D eigenvalue weighted by Gasteiger charge is -2.27. The fraction of sp³-hybridized carbons (Fsp3) is 0.455. The van der Waals surface area contributed by atoms with Gasteiger partial charge in [0.15, 0.2) is 0 Å². The first-order chi connectivity index (χ1) is 6.31. The average Bonchev–Trinajstić information content (AvgIpc) is 2.18. The molecule has 1 aromatic rings. The number of phenolic OH excluding ortho intramolecular Hbond substituents is 1. The molecule has 0 aromatic heterocycles. The molecule has 13 heavy (non-hydrogen) atoms. The Morgan fingerprint density at radius 1 is 1.46 bits per heavy atom. The molecular weight excluding hydrogens is 162 g/mol. The Balaban J connectivity index is 2.32. The highest BCUT2D eigenvalue weighted by atomic mass is 16.3. The van der Waals surface area contributed by atoms with Crippen molar-refractivity contribution in [2.24, 2.45) is 0 Å². The maximum atomic E-state index is 9.64. The number of phenols is 1. The lowest BCUT2D eigenvalue weighted by Crippen LogP contribution is -2.30. The molecule has 0 amide bonds. The van der Waals surface area contributed by atoms with Gasteiger partial charge in [-0.25, -0.2) is 0 Å². The average molecular weight is 177 g/mol. The fourth-order valence-corrected chi connectivity index (χ4v) is 1.89. The van der Waals surface area contributed by atoms with Crippen LogP contribution in [0.15, 0.2) is 18.2 Å². The van der Waals surface area contributed by atoms with E-state index >= 15 is 0 Å². The van der Waals surface area contributed by atoms with Crippen molar-refractivity contribution >= 4 is 0 Å². The molecule has 0 spiro atoms. The second-order valence-electron chi connectivity index (χ2n) is 3.53. The Bertz CT molecular complexity index is 309. The van der Waals surface area contributed by atoms with Crippen LogP contribution in [0.1, 0.15) is 18.1 Å². The maximum absolute atomic E-state index is 9.64. The predicted molar refractivity (Wildman–Crippen MR) is 52.8 cm³/mol. The van der Waals surface area contributed by atoms with E-state index in [0.717, 1.165) is 31.6 Å². The molecule has 2 heteroatoms. The van der Waals surface area contributed by atoms with Crippen LogP contribution in [0.2, 0.25) is 0 Å². The highest BCUT2D eigenvalue weighted by Crippen LogP contribution is 2.26. The third-order valence-electron chi connectivity index (χ3n) is 2.77. The van der Waals surface area contributed by atoms with Crippen LogP contribution < -0.4 is 0 Å². The SMILES string of the molecule is CCN1CCc2cccc(O)c2C1. The van der Waals surface area contributed by atoms with Gasteiger partial charge < -0.3 is 5.11 Å². The normalized spacial score (nSPS) is 17.0. The number of aromatic hydroxyl groups is 1. The van der Waals surface area contributed by atoms with Gasteiger partial charge in [-0.2, -0.15) is 0 Å². The molecular formula is C11H15NO. The van der Waals surface area contributed by atoms with Crippen LogP contribution in [0.4, 0.5) is 0 Å². The Morgan fingerprint density at radius 3 is 3.08 bits per heavy atom. The molecule has 2 nitrogen and oxygen atoms in total. The minimum atomic E-state index is 0.454. The van der Waals surface area contributed by atoms with Crippen LogP contribution in [0.5, 0.6) is 5.75 Å². The van der Waals surface area contributed by atoms with Crippen molar-refractivity contribution in [1.29, 1.82) is 0 Å². The van der Waals surface area contributed by atoms with Crippen LogP contribution in [0, 0.1) is 0 Å². The minimum absolute atomic E-state index is 0.454. The monoisotopic (exact) mass is 177 g/mol. The molecule has 1 N–H and O–H groups in total. The number of benzene rings is 1. The second kappa shape index (κ2) is 3.38. The highest BCUT2D eigenvalue weighted by Gasteiger charge is 2.16. The van der Waals surface area contributed by atoms with E-state index in [0.29, 0.717) is 5.75 Å². The van der Waals surface area contributed by atoms with E-state index in [2.05, 4.69) is 17.9 Å². The second-order valence-corrected chi connectivity index (χ2v) is 3.53. The number of hydrogen-bond acceptors (Lipinski definition) is 2. The zero-order valence-corrected chi connectivity index (χ0v) is 7.95. The molecule has 1 heterocycles. The first kappa shape index (κ1) is 8.57. The smallest absolute Gasteiger partial charge is 0.120 e. The molecule has 0 aliphatic carbocycles. The van der Waals surface area contributed by atoms with E-state index in [9.17, 15) is 5.11 Å². The first-order valence-corrected chi connectivity index (χ1v) is 4.83. The van der Waals surface area contributed by atoms with Gasteiger partial charge in [-0.15, -0.1) is 0 Å². The van der Waals surface area contributed by atoms with Crippen LogP contribution in [-0.4, -0.2) is 23.1 Å². The van der Waals surface area contributed by atoms with E-state index in [1.54, 1.807) is 6.07 Å². The van der Waals surface area contributed by atoms with E-state index in [-0.39, 0.29) is 0 Å². The summed E-state index contributed by atoms with van der Waals surface area (Å²) < 4.78 is 0. The van der Waals surface area contributed by atoms with Gasteiger partial charge in [-0.05, 0) is 24.6 Å². The van der Waals surface area contributed by atoms with Crippen LogP contribution >= 0.6 is 0 Å². The minimum Gasteiger partial charge on any atom is -0.508 e. The summed E-state index contributed by atoms with van der Waals surface area (Å²) in [5, 5.41) is 9.64. The van der Waals surface area contributed by atoms with Gasteiger partial charge in [0.25, 0.3) is 0 Å². The summed E-state index contributed by atoms with van der Waals surface area (Å²) in [4.78, 5) is 2.35. The van der Waals surface area contributed by atoms with Crippen molar-refractivity contribution in [2.75, 3.05) is 13.1 Å². The van der Waals surface area contributed by atoms with E-state index in [1.165, 1.54) is 5.56 Å². The first-order valence-electron chi connectivity index (χ1n) is 4.83. The van der Waals surface area contributed by atoms with Gasteiger partial charge >= 0.3 is 0 Å². The number of hydrogen-bond donors (Lipinski definition) is 1. The number of rotatable bonds is 1. The Hall–Kier alpha value is -1.02. The summed E-state index contributed by atoms with van der Waals surface area (Å²) in [5.41, 5.74) is 2.43. The summed E-state index contributed by atoms with van der Waals surface area (Å²) in [6.07, 6.45) is 1.07. The van der Waals surface area contributed by atoms with Gasteiger partial charge in [0, 0.05) is 18.7 Å². The van der Waals surface area contributed by atoms with Crippen molar-refractivity contribution in [2.45, 2.75) is 19.9 Å². The zero-order valence-electron chi connectivity index (χ0n) is 7.95. The van der Waals surface area contributed by atoms with Crippen molar-refractivity contribution in [3.05, 3.63) is 29.3 Å². The van der Waals surface area contributed by atoms with E-state index in [1.807, 2.05) is 6.07 Å². The summed E-state index contributed by atoms with van der Waals surface area (Å²) in [6.45, 7) is 5.24. The van der Waals surface area contributed by atoms with Gasteiger partial charge in [0.2, 0.25) is 0 Å². The van der Waals surface area contributed by atoms with Gasteiger partial charge in [0.1, 0.15) is 5.75 Å². The molecule has 0 saturated heterocycles. The zero-order chi connectivity index (χ0) is 9.26. The lowest BCUT2D eigenvalue weighted by molar-refractivity contribution is 0.263. The summed E-state index contributed by atoms with van der Waals surface area (Å²) in [6, 6.07) is 5.82. The summed E-state index contributed by atoms with van der Waals surface area (Å²) in [7, 11) is 0. The van der Waals surface area contributed by atoms with E-state index < -0.39 is 0 Å². The topological polar surface area (TPSA) is 23.5 Å². The van der Waals surface area contributed by atoms with Crippen molar-refractivity contribution in [3.8, 4) is 5.75 Å². The van der Waals surface area contributed by atoms with Crippen LogP contribution in [0.25, 0.3) is 0 Å². The third kappa shape index (κ3) is 1.54. The molecule has 0 unspecified atom stereocenters. The standard InChI is InChI=1S/C11H15NO/c1-2-12-7-6-9-4-3-5-11(13)10(9)8-12/h3-5,13H,2,6-8H2,1H3. The summed E-state index contributed by atoms with van der Waals surface area (Å²) in [5.74, 6) is 0.454. The molecule has 1 aliphatic rings. The molecule has 2 rings (SSSR count). The molecule has 0 saturated carbocycles. The van der Waals surface area contributed by atoms with E-state index in [4.69, 9.17) is 0 Å². The molecule has 0 bridgehead atoms. The number of fused-ring (bicyclic) bond motifs is 1. The third-order valence-corrected chi connectivity index (χ3v) is 2.77. The molecule has 70 valence electrons. The molecule has 0 fully saturated rings. The number of nitrogens with zero attached hydrogens (tertiary/aromatic N) is 1. The molecule has 0 atom stereocenters. The van der Waals surface area contributed by atoms with Crippen LogP contribution in [-0.2, 0) is 13.0 Å². The van der Waals surface area contributed by atoms with Crippen LogP contribution in [0.3, 0.4) is 0 Å². The molecule has 1 aliphatic heterocycles. The molecule has 0 radical (unpaired) electrons. The van der Waals surface area contributed by atoms with Gasteiger partial charge in [0.05, 0.1) is 0 Å². The summed E-state index contributed by atoms with van der Waals surface area (Å²) >= 11 is 0. The molecule has 1 aromatic carbocycles. The Kier molecular flexibility index (Phi) is 2.23.